The van der Waals surface area contributed by atoms with E-state index >= 15 is 0 Å². The predicted molar refractivity (Wildman–Crippen MR) is 52.5 cm³/mol. The summed E-state index contributed by atoms with van der Waals surface area (Å²) in [7, 11) is 0. The van der Waals surface area contributed by atoms with Crippen molar-refractivity contribution in [2.24, 2.45) is 0 Å². The Hall–Kier alpha value is -0.240. The zero-order valence-electron chi connectivity index (χ0n) is 7.82. The van der Waals surface area contributed by atoms with Crippen molar-refractivity contribution in [3.05, 3.63) is 0 Å². The Kier molecular flexibility index (Phi) is 4.04. The van der Waals surface area contributed by atoms with E-state index in [0.717, 1.165) is 18.6 Å². The van der Waals surface area contributed by atoms with E-state index in [1.165, 1.54) is 0 Å². The molecule has 0 amide bonds. The molecular formula is C9H15NO2S. The van der Waals surface area contributed by atoms with Gasteiger partial charge in [-0.2, -0.15) is 17.0 Å². The van der Waals surface area contributed by atoms with Gasteiger partial charge in [-0.3, -0.25) is 0 Å². The van der Waals surface area contributed by atoms with Crippen molar-refractivity contribution in [2.45, 2.75) is 30.6 Å². The normalized spacial score (nSPS) is 34.1. The first-order chi connectivity index (χ1) is 6.25. The molecule has 1 rings (SSSR count). The summed E-state index contributed by atoms with van der Waals surface area (Å²) < 4.78 is 5.45. The zero-order chi connectivity index (χ0) is 9.73. The molecule has 1 heterocycles. The van der Waals surface area contributed by atoms with Gasteiger partial charge in [-0.15, -0.1) is 0 Å². The van der Waals surface area contributed by atoms with Crippen molar-refractivity contribution < 1.29 is 9.84 Å². The number of hydrogen-bond donors (Lipinski definition) is 1. The van der Waals surface area contributed by atoms with Crippen molar-refractivity contribution >= 4 is 11.8 Å². The standard InChI is InChI=1S/C9H15NO2S/c1-8-9(7-10,12-5-4-11)3-2-6-13-8/h8,11H,2-6H2,1H3. The molecule has 0 aromatic heterocycles. The van der Waals surface area contributed by atoms with E-state index in [-0.39, 0.29) is 18.5 Å². The number of aliphatic hydroxyl groups is 1. The van der Waals surface area contributed by atoms with E-state index in [0.29, 0.717) is 0 Å². The summed E-state index contributed by atoms with van der Waals surface area (Å²) >= 11 is 1.77. The molecule has 13 heavy (non-hydrogen) atoms. The molecule has 3 nitrogen and oxygen atoms in total. The molecule has 0 radical (unpaired) electrons. The fourth-order valence-corrected chi connectivity index (χ4v) is 2.70. The molecule has 0 aromatic rings. The molecule has 2 unspecified atom stereocenters. The summed E-state index contributed by atoms with van der Waals surface area (Å²) in [6, 6.07) is 2.25. The SMILES string of the molecule is CC1SCCCC1(C#N)OCCO. The van der Waals surface area contributed by atoms with Gasteiger partial charge in [-0.25, -0.2) is 0 Å². The number of aliphatic hydroxyl groups excluding tert-OH is 1. The monoisotopic (exact) mass is 201 g/mol. The first-order valence-corrected chi connectivity index (χ1v) is 5.58. The summed E-state index contributed by atoms with van der Waals surface area (Å²) in [6.45, 7) is 2.27. The molecule has 1 saturated heterocycles. The minimum atomic E-state index is -0.661. The van der Waals surface area contributed by atoms with Crippen molar-refractivity contribution in [3.63, 3.8) is 0 Å². The largest absolute Gasteiger partial charge is 0.394 e. The summed E-state index contributed by atoms with van der Waals surface area (Å²) in [5.41, 5.74) is -0.661. The minimum Gasteiger partial charge on any atom is -0.394 e. The molecule has 2 atom stereocenters. The number of rotatable bonds is 3. The van der Waals surface area contributed by atoms with E-state index in [1.54, 1.807) is 11.8 Å². The molecule has 0 spiro atoms. The van der Waals surface area contributed by atoms with Gasteiger partial charge in [0.15, 0.2) is 5.60 Å². The molecule has 1 fully saturated rings. The van der Waals surface area contributed by atoms with Crippen LogP contribution in [0.1, 0.15) is 19.8 Å². The van der Waals surface area contributed by atoms with Gasteiger partial charge in [0.2, 0.25) is 0 Å². The van der Waals surface area contributed by atoms with Gasteiger partial charge in [0, 0.05) is 5.25 Å². The molecule has 0 aromatic carbocycles. The minimum absolute atomic E-state index is 0.0131. The summed E-state index contributed by atoms with van der Waals surface area (Å²) in [5.74, 6) is 1.10. The van der Waals surface area contributed by atoms with Crippen LogP contribution in [0.2, 0.25) is 0 Å². The van der Waals surface area contributed by atoms with E-state index in [9.17, 15) is 0 Å². The molecule has 0 saturated carbocycles. The van der Waals surface area contributed by atoms with Crippen LogP contribution < -0.4 is 0 Å². The summed E-state index contributed by atoms with van der Waals surface area (Å²) in [4.78, 5) is 0. The average Bonchev–Trinajstić information content (AvgIpc) is 2.17. The Labute approximate surface area is 83.1 Å². The molecule has 1 aliphatic rings. The Balaban J connectivity index is 2.60. The number of nitrogens with zero attached hydrogens (tertiary/aromatic N) is 1. The lowest BCUT2D eigenvalue weighted by molar-refractivity contribution is -0.0254. The first kappa shape index (κ1) is 10.8. The topological polar surface area (TPSA) is 53.2 Å². The molecule has 1 N–H and O–H groups in total. The second kappa shape index (κ2) is 4.85. The Bertz CT molecular complexity index is 204. The maximum atomic E-state index is 9.07. The third-order valence-corrected chi connectivity index (χ3v) is 3.76. The van der Waals surface area contributed by atoms with Crippen LogP contribution in [0, 0.1) is 11.3 Å². The molecule has 0 bridgehead atoms. The summed E-state index contributed by atoms with van der Waals surface area (Å²) in [5, 5.41) is 17.9. The van der Waals surface area contributed by atoms with Gasteiger partial charge >= 0.3 is 0 Å². The fraction of sp³-hybridized carbons (Fsp3) is 0.889. The lowest BCUT2D eigenvalue weighted by atomic mass is 9.95. The third-order valence-electron chi connectivity index (χ3n) is 2.36. The number of thioether (sulfide) groups is 1. The van der Waals surface area contributed by atoms with Crippen LogP contribution >= 0.6 is 11.8 Å². The van der Waals surface area contributed by atoms with Crippen molar-refractivity contribution in [1.29, 1.82) is 5.26 Å². The lowest BCUT2D eigenvalue weighted by Crippen LogP contribution is -2.43. The van der Waals surface area contributed by atoms with E-state index in [4.69, 9.17) is 15.1 Å². The van der Waals surface area contributed by atoms with Gasteiger partial charge in [0.1, 0.15) is 0 Å². The second-order valence-corrected chi connectivity index (χ2v) is 4.64. The van der Waals surface area contributed by atoms with E-state index < -0.39 is 5.60 Å². The fourth-order valence-electron chi connectivity index (χ4n) is 1.53. The predicted octanol–water partition coefficient (Wildman–Crippen LogP) is 1.17. The molecule has 4 heteroatoms. The van der Waals surface area contributed by atoms with Crippen molar-refractivity contribution in [3.8, 4) is 6.07 Å². The van der Waals surface area contributed by atoms with Gasteiger partial charge in [0.25, 0.3) is 0 Å². The van der Waals surface area contributed by atoms with Crippen molar-refractivity contribution in [2.75, 3.05) is 19.0 Å². The smallest absolute Gasteiger partial charge is 0.165 e. The molecular weight excluding hydrogens is 186 g/mol. The van der Waals surface area contributed by atoms with Crippen LogP contribution in [0.4, 0.5) is 0 Å². The van der Waals surface area contributed by atoms with Gasteiger partial charge in [0.05, 0.1) is 19.3 Å². The Morgan fingerprint density at radius 1 is 1.77 bits per heavy atom. The van der Waals surface area contributed by atoms with Crippen LogP contribution in [0.3, 0.4) is 0 Å². The van der Waals surface area contributed by atoms with Crippen LogP contribution in [0.5, 0.6) is 0 Å². The molecule has 0 aliphatic carbocycles. The second-order valence-electron chi connectivity index (χ2n) is 3.19. The van der Waals surface area contributed by atoms with Gasteiger partial charge < -0.3 is 9.84 Å². The van der Waals surface area contributed by atoms with Crippen LogP contribution in [0.25, 0.3) is 0 Å². The van der Waals surface area contributed by atoms with Gasteiger partial charge in [-0.1, -0.05) is 0 Å². The highest BCUT2D eigenvalue weighted by Crippen LogP contribution is 2.36. The van der Waals surface area contributed by atoms with Crippen molar-refractivity contribution in [1.82, 2.24) is 0 Å². The van der Waals surface area contributed by atoms with Crippen LogP contribution in [-0.2, 0) is 4.74 Å². The number of hydrogen-bond acceptors (Lipinski definition) is 4. The highest BCUT2D eigenvalue weighted by Gasteiger charge is 2.39. The Morgan fingerprint density at radius 2 is 2.54 bits per heavy atom. The Morgan fingerprint density at radius 3 is 3.08 bits per heavy atom. The quantitative estimate of drug-likeness (QED) is 0.744. The molecule has 74 valence electrons. The van der Waals surface area contributed by atoms with E-state index in [1.807, 2.05) is 6.92 Å². The highest BCUT2D eigenvalue weighted by molar-refractivity contribution is 8.00. The van der Waals surface area contributed by atoms with Crippen LogP contribution in [0.15, 0.2) is 0 Å². The van der Waals surface area contributed by atoms with Gasteiger partial charge in [-0.05, 0) is 25.5 Å². The summed E-state index contributed by atoms with van der Waals surface area (Å²) in [6.07, 6.45) is 1.81. The zero-order valence-corrected chi connectivity index (χ0v) is 8.64. The number of ether oxygens (including phenoxy) is 1. The van der Waals surface area contributed by atoms with E-state index in [2.05, 4.69) is 6.07 Å². The maximum Gasteiger partial charge on any atom is 0.165 e. The number of nitriles is 1. The third kappa shape index (κ3) is 2.37. The highest BCUT2D eigenvalue weighted by atomic mass is 32.2. The first-order valence-electron chi connectivity index (χ1n) is 4.53. The van der Waals surface area contributed by atoms with Crippen LogP contribution in [-0.4, -0.2) is 34.9 Å². The molecule has 1 aliphatic heterocycles. The lowest BCUT2D eigenvalue weighted by Gasteiger charge is -2.35. The maximum absolute atomic E-state index is 9.07. The average molecular weight is 201 g/mol.